The van der Waals surface area contributed by atoms with Crippen LogP contribution in [0.15, 0.2) is 47.4 Å². The monoisotopic (exact) mass is 228 g/mol. The first-order valence-corrected chi connectivity index (χ1v) is 4.99. The highest BCUT2D eigenvalue weighted by atomic mass is 16.1. The number of amides is 1. The normalized spacial score (nSPS) is 9.88. The van der Waals surface area contributed by atoms with Crippen LogP contribution in [0.25, 0.3) is 11.4 Å². The van der Waals surface area contributed by atoms with E-state index in [0.29, 0.717) is 12.2 Å². The number of hydrogen-bond donors (Lipinski definition) is 1. The van der Waals surface area contributed by atoms with Gasteiger partial charge in [0.05, 0.1) is 0 Å². The molecule has 85 valence electrons. The van der Waals surface area contributed by atoms with Gasteiger partial charge in [-0.05, 0) is 0 Å². The molecule has 0 bridgehead atoms. The molecule has 2 aromatic rings. The van der Waals surface area contributed by atoms with Crippen LogP contribution in [0, 0.1) is 6.67 Å². The van der Waals surface area contributed by atoms with Gasteiger partial charge in [-0.1, -0.05) is 30.3 Å². The summed E-state index contributed by atoms with van der Waals surface area (Å²) < 4.78 is 1.28. The Labute approximate surface area is 97.7 Å². The molecule has 1 N–H and O–H groups in total. The highest BCUT2D eigenvalue weighted by Crippen LogP contribution is 2.13. The first-order valence-electron chi connectivity index (χ1n) is 4.99. The van der Waals surface area contributed by atoms with Crippen molar-refractivity contribution in [1.82, 2.24) is 14.9 Å². The van der Waals surface area contributed by atoms with Crippen LogP contribution >= 0.6 is 0 Å². The van der Waals surface area contributed by atoms with Crippen LogP contribution in [-0.2, 0) is 4.79 Å². The van der Waals surface area contributed by atoms with Crippen LogP contribution in [0.4, 0.5) is 0 Å². The maximum atomic E-state index is 11.7. The molecule has 1 aromatic heterocycles. The Hall–Kier alpha value is -2.43. The number of carbonyl (C=O) groups is 1. The van der Waals surface area contributed by atoms with Gasteiger partial charge in [-0.3, -0.25) is 14.2 Å². The van der Waals surface area contributed by atoms with Crippen LogP contribution in [0.2, 0.25) is 0 Å². The summed E-state index contributed by atoms with van der Waals surface area (Å²) >= 11 is 0. The lowest BCUT2D eigenvalue weighted by molar-refractivity contribution is -0.109. The van der Waals surface area contributed by atoms with E-state index < -0.39 is 0 Å². The molecule has 0 aliphatic rings. The van der Waals surface area contributed by atoms with Gasteiger partial charge >= 0.3 is 0 Å². The van der Waals surface area contributed by atoms with Gasteiger partial charge in [-0.15, -0.1) is 0 Å². The number of benzene rings is 1. The topological polar surface area (TPSA) is 64.0 Å². The van der Waals surface area contributed by atoms with E-state index in [1.54, 1.807) is 0 Å². The molecule has 0 saturated heterocycles. The molecular weight excluding hydrogens is 218 g/mol. The summed E-state index contributed by atoms with van der Waals surface area (Å²) in [7, 11) is 0. The van der Waals surface area contributed by atoms with Crippen molar-refractivity contribution in [3.05, 3.63) is 59.6 Å². The van der Waals surface area contributed by atoms with E-state index in [0.717, 1.165) is 5.56 Å². The molecule has 0 aliphatic carbocycles. The van der Waals surface area contributed by atoms with E-state index in [4.69, 9.17) is 0 Å². The average molecular weight is 228 g/mol. The Morgan fingerprint density at radius 2 is 1.94 bits per heavy atom. The Morgan fingerprint density at radius 1 is 1.18 bits per heavy atom. The second kappa shape index (κ2) is 5.07. The van der Waals surface area contributed by atoms with Crippen molar-refractivity contribution in [3.63, 3.8) is 0 Å². The predicted octanol–water partition coefficient (Wildman–Crippen LogP) is 0.624. The van der Waals surface area contributed by atoms with Crippen LogP contribution < -0.4 is 10.9 Å². The Morgan fingerprint density at radius 3 is 2.65 bits per heavy atom. The molecule has 5 nitrogen and oxygen atoms in total. The number of aromatic nitrogens is 2. The fraction of sp³-hybridized carbons (Fsp3) is 0. The molecule has 5 heteroatoms. The predicted molar refractivity (Wildman–Crippen MR) is 62.8 cm³/mol. The molecule has 0 spiro atoms. The lowest BCUT2D eigenvalue weighted by Gasteiger charge is -2.09. The summed E-state index contributed by atoms with van der Waals surface area (Å²) in [5.41, 5.74) is 0.544. The fourth-order valence-electron chi connectivity index (χ4n) is 1.45. The Balaban J connectivity index is 2.50. The van der Waals surface area contributed by atoms with Gasteiger partial charge in [0, 0.05) is 17.8 Å². The second-order valence-electron chi connectivity index (χ2n) is 3.26. The molecule has 0 saturated carbocycles. The lowest BCUT2D eigenvalue weighted by Crippen LogP contribution is -2.26. The zero-order valence-corrected chi connectivity index (χ0v) is 8.91. The second-order valence-corrected chi connectivity index (χ2v) is 3.26. The van der Waals surface area contributed by atoms with E-state index in [-0.39, 0.29) is 5.56 Å². The first kappa shape index (κ1) is 11.1. The zero-order chi connectivity index (χ0) is 12.1. The molecule has 0 unspecified atom stereocenters. The van der Waals surface area contributed by atoms with Crippen LogP contribution in [-0.4, -0.2) is 16.0 Å². The van der Waals surface area contributed by atoms with Crippen molar-refractivity contribution >= 4 is 6.41 Å². The van der Waals surface area contributed by atoms with E-state index >= 15 is 0 Å². The van der Waals surface area contributed by atoms with Crippen molar-refractivity contribution in [3.8, 4) is 11.4 Å². The summed E-state index contributed by atoms with van der Waals surface area (Å²) in [6, 6.07) is 10.6. The summed E-state index contributed by atoms with van der Waals surface area (Å²) in [6.07, 6.45) is 1.93. The number of carbonyl (C=O) groups excluding carboxylic acids is 1. The smallest absolute Gasteiger partial charge is 0.255 e. The molecule has 0 atom stereocenters. The van der Waals surface area contributed by atoms with Crippen molar-refractivity contribution in [1.29, 1.82) is 0 Å². The molecule has 1 aromatic carbocycles. The Bertz CT molecular complexity index is 563. The maximum absolute atomic E-state index is 11.7. The van der Waals surface area contributed by atoms with Gasteiger partial charge in [0.25, 0.3) is 5.56 Å². The Kier molecular flexibility index (Phi) is 3.30. The third kappa shape index (κ3) is 2.39. The summed E-state index contributed by atoms with van der Waals surface area (Å²) in [6.45, 7) is 1.28. The minimum atomic E-state index is -0.256. The summed E-state index contributed by atoms with van der Waals surface area (Å²) in [5.74, 6) is 0.479. The molecule has 0 fully saturated rings. The fourth-order valence-corrected chi connectivity index (χ4v) is 1.45. The average Bonchev–Trinajstić information content (AvgIpc) is 2.38. The minimum absolute atomic E-state index is 0.256. The van der Waals surface area contributed by atoms with Crippen molar-refractivity contribution in [2.45, 2.75) is 0 Å². The largest absolute Gasteiger partial charge is 0.335 e. The zero-order valence-electron chi connectivity index (χ0n) is 8.91. The van der Waals surface area contributed by atoms with Crippen LogP contribution in [0.1, 0.15) is 0 Å². The molecule has 1 heterocycles. The molecule has 2 rings (SSSR count). The number of rotatable bonds is 4. The number of nitrogens with zero attached hydrogens (tertiary/aromatic N) is 2. The highest BCUT2D eigenvalue weighted by molar-refractivity contribution is 5.56. The summed E-state index contributed by atoms with van der Waals surface area (Å²) in [4.78, 5) is 26.1. The molecule has 17 heavy (non-hydrogen) atoms. The van der Waals surface area contributed by atoms with Crippen molar-refractivity contribution in [2.75, 3.05) is 0 Å². The van der Waals surface area contributed by atoms with Gasteiger partial charge in [0.2, 0.25) is 6.41 Å². The number of hydrogen-bond acceptors (Lipinski definition) is 3. The third-order valence-electron chi connectivity index (χ3n) is 2.18. The van der Waals surface area contributed by atoms with Gasteiger partial charge in [0.15, 0.2) is 6.67 Å². The van der Waals surface area contributed by atoms with E-state index in [1.807, 2.05) is 30.3 Å². The molecular formula is C12H10N3O2. The van der Waals surface area contributed by atoms with Gasteiger partial charge in [-0.25, -0.2) is 4.98 Å². The first-order chi connectivity index (χ1) is 8.33. The minimum Gasteiger partial charge on any atom is -0.335 e. The SMILES string of the molecule is O=CN[CH]n1c(-c2ccccc2)nccc1=O. The van der Waals surface area contributed by atoms with Crippen molar-refractivity contribution in [2.24, 2.45) is 0 Å². The van der Waals surface area contributed by atoms with Gasteiger partial charge in [-0.2, -0.15) is 0 Å². The standard InChI is InChI=1S/C12H10N3O2/c16-9-13-8-15-11(17)6-7-14-12(15)10-4-2-1-3-5-10/h1-9H,(H,13,16). The van der Waals surface area contributed by atoms with Crippen LogP contribution in [0.3, 0.4) is 0 Å². The highest BCUT2D eigenvalue weighted by Gasteiger charge is 2.06. The van der Waals surface area contributed by atoms with E-state index in [1.165, 1.54) is 23.5 Å². The third-order valence-corrected chi connectivity index (χ3v) is 2.18. The van der Waals surface area contributed by atoms with E-state index in [2.05, 4.69) is 10.3 Å². The molecule has 1 radical (unpaired) electrons. The maximum Gasteiger partial charge on any atom is 0.255 e. The summed E-state index contributed by atoms with van der Waals surface area (Å²) in [5, 5.41) is 2.33. The van der Waals surface area contributed by atoms with Gasteiger partial charge in [0.1, 0.15) is 5.82 Å². The quantitative estimate of drug-likeness (QED) is 0.780. The van der Waals surface area contributed by atoms with Gasteiger partial charge < -0.3 is 5.32 Å². The van der Waals surface area contributed by atoms with Crippen LogP contribution in [0.5, 0.6) is 0 Å². The number of nitrogens with one attached hydrogen (secondary N) is 1. The van der Waals surface area contributed by atoms with E-state index in [9.17, 15) is 9.59 Å². The van der Waals surface area contributed by atoms with Crippen molar-refractivity contribution < 1.29 is 4.79 Å². The molecule has 0 aliphatic heterocycles. The molecule has 1 amide bonds. The lowest BCUT2D eigenvalue weighted by atomic mass is 10.2.